The highest BCUT2D eigenvalue weighted by atomic mass is 35.5. The number of hydrogen-bond acceptors (Lipinski definition) is 4. The summed E-state index contributed by atoms with van der Waals surface area (Å²) < 4.78 is 5.41. The second-order valence-corrected chi connectivity index (χ2v) is 6.58. The smallest absolute Gasteiger partial charge is 0.257 e. The minimum atomic E-state index is 0.539. The van der Waals surface area contributed by atoms with Crippen LogP contribution in [0.15, 0.2) is 59.1 Å². The van der Waals surface area contributed by atoms with Gasteiger partial charge < -0.3 is 4.52 Å². The second-order valence-electron chi connectivity index (χ2n) is 6.14. The van der Waals surface area contributed by atoms with Crippen molar-refractivity contribution in [3.05, 3.63) is 71.0 Å². The molecule has 0 N–H and O–H groups in total. The van der Waals surface area contributed by atoms with Gasteiger partial charge in [0.15, 0.2) is 5.82 Å². The zero-order valence-electron chi connectivity index (χ0n) is 13.2. The third kappa shape index (κ3) is 3.66. The summed E-state index contributed by atoms with van der Waals surface area (Å²) in [7, 11) is 0. The molecule has 0 unspecified atom stereocenters. The van der Waals surface area contributed by atoms with Gasteiger partial charge in [0.2, 0.25) is 0 Å². The first-order valence-corrected chi connectivity index (χ1v) is 8.52. The number of aromatic nitrogens is 2. The number of benzene rings is 2. The fourth-order valence-corrected chi connectivity index (χ4v) is 2.91. The van der Waals surface area contributed by atoms with Crippen LogP contribution in [0.4, 0.5) is 0 Å². The molecule has 1 aliphatic rings. The molecule has 3 aromatic rings. The normalized spacial score (nSPS) is 14.2. The summed E-state index contributed by atoms with van der Waals surface area (Å²) in [5.74, 6) is 1.26. The number of rotatable bonds is 6. The molecule has 1 saturated carbocycles. The first-order chi connectivity index (χ1) is 11.8. The van der Waals surface area contributed by atoms with Crippen LogP contribution in [0.25, 0.3) is 11.5 Å². The molecular weight excluding hydrogens is 322 g/mol. The minimum Gasteiger partial charge on any atom is -0.334 e. The van der Waals surface area contributed by atoms with Gasteiger partial charge in [-0.3, -0.25) is 4.90 Å². The zero-order valence-corrected chi connectivity index (χ0v) is 14.0. The highest BCUT2D eigenvalue weighted by molar-refractivity contribution is 6.30. The lowest BCUT2D eigenvalue weighted by Gasteiger charge is -2.20. The van der Waals surface area contributed by atoms with E-state index in [-0.39, 0.29) is 0 Å². The fraction of sp³-hybridized carbons (Fsp3) is 0.263. The van der Waals surface area contributed by atoms with E-state index in [1.807, 2.05) is 30.3 Å². The summed E-state index contributed by atoms with van der Waals surface area (Å²) in [6.45, 7) is 1.62. The van der Waals surface area contributed by atoms with E-state index in [0.29, 0.717) is 23.5 Å². The van der Waals surface area contributed by atoms with Gasteiger partial charge in [-0.15, -0.1) is 0 Å². The SMILES string of the molecule is Clc1ccc(-c2nc(CN(Cc3ccccc3)C3CC3)no2)cc1. The van der Waals surface area contributed by atoms with E-state index in [2.05, 4.69) is 39.3 Å². The monoisotopic (exact) mass is 339 g/mol. The summed E-state index contributed by atoms with van der Waals surface area (Å²) >= 11 is 5.92. The van der Waals surface area contributed by atoms with Crippen LogP contribution in [-0.4, -0.2) is 21.1 Å². The maximum absolute atomic E-state index is 5.92. The van der Waals surface area contributed by atoms with Crippen LogP contribution >= 0.6 is 11.6 Å². The lowest BCUT2D eigenvalue weighted by Crippen LogP contribution is -2.25. The molecule has 0 amide bonds. The molecule has 1 fully saturated rings. The molecule has 5 heteroatoms. The molecule has 122 valence electrons. The average molecular weight is 340 g/mol. The highest BCUT2D eigenvalue weighted by Crippen LogP contribution is 2.30. The molecule has 4 nitrogen and oxygen atoms in total. The van der Waals surface area contributed by atoms with Crippen LogP contribution in [-0.2, 0) is 13.1 Å². The Kier molecular flexibility index (Phi) is 4.32. The molecule has 4 rings (SSSR count). The number of halogens is 1. The molecule has 1 heterocycles. The molecule has 0 spiro atoms. The van der Waals surface area contributed by atoms with E-state index < -0.39 is 0 Å². The van der Waals surface area contributed by atoms with Gasteiger partial charge in [0.25, 0.3) is 5.89 Å². The summed E-state index contributed by atoms with van der Waals surface area (Å²) in [6, 6.07) is 18.6. The Balaban J connectivity index is 1.48. The predicted octanol–water partition coefficient (Wildman–Crippen LogP) is 4.55. The van der Waals surface area contributed by atoms with Crippen molar-refractivity contribution in [2.24, 2.45) is 0 Å². The lowest BCUT2D eigenvalue weighted by atomic mass is 10.2. The zero-order chi connectivity index (χ0) is 16.4. The molecule has 1 aromatic heterocycles. The van der Waals surface area contributed by atoms with Crippen molar-refractivity contribution >= 4 is 11.6 Å². The van der Waals surface area contributed by atoms with E-state index in [9.17, 15) is 0 Å². The summed E-state index contributed by atoms with van der Waals surface area (Å²) in [5.41, 5.74) is 2.20. The van der Waals surface area contributed by atoms with Gasteiger partial charge in [0.05, 0.1) is 6.54 Å². The Hall–Kier alpha value is -2.17. The van der Waals surface area contributed by atoms with E-state index >= 15 is 0 Å². The van der Waals surface area contributed by atoms with Gasteiger partial charge in [-0.05, 0) is 42.7 Å². The molecule has 1 aliphatic carbocycles. The Bertz CT molecular complexity index is 797. The standard InChI is InChI=1S/C19H18ClN3O/c20-16-8-6-15(7-9-16)19-21-18(22-24-19)13-23(17-10-11-17)12-14-4-2-1-3-5-14/h1-9,17H,10-13H2. The number of nitrogens with zero attached hydrogens (tertiary/aromatic N) is 3. The van der Waals surface area contributed by atoms with Gasteiger partial charge in [-0.25, -0.2) is 0 Å². The van der Waals surface area contributed by atoms with E-state index in [0.717, 1.165) is 17.9 Å². The van der Waals surface area contributed by atoms with Gasteiger partial charge in [-0.2, -0.15) is 4.98 Å². The predicted molar refractivity (Wildman–Crippen MR) is 93.5 cm³/mol. The Morgan fingerprint density at radius 1 is 1.00 bits per heavy atom. The first kappa shape index (κ1) is 15.4. The lowest BCUT2D eigenvalue weighted by molar-refractivity contribution is 0.235. The van der Waals surface area contributed by atoms with E-state index in [1.165, 1.54) is 18.4 Å². The van der Waals surface area contributed by atoms with Crippen LogP contribution in [0.3, 0.4) is 0 Å². The van der Waals surface area contributed by atoms with Gasteiger partial charge in [-0.1, -0.05) is 47.1 Å². The van der Waals surface area contributed by atoms with Crippen molar-refractivity contribution in [1.82, 2.24) is 15.0 Å². The molecule has 0 saturated heterocycles. The second kappa shape index (κ2) is 6.75. The minimum absolute atomic E-state index is 0.539. The largest absolute Gasteiger partial charge is 0.334 e. The summed E-state index contributed by atoms with van der Waals surface area (Å²) in [4.78, 5) is 6.96. The van der Waals surface area contributed by atoms with Crippen molar-refractivity contribution in [1.29, 1.82) is 0 Å². The highest BCUT2D eigenvalue weighted by Gasteiger charge is 2.30. The molecule has 0 aliphatic heterocycles. The van der Waals surface area contributed by atoms with E-state index in [1.54, 1.807) is 0 Å². The average Bonchev–Trinajstić information content (AvgIpc) is 3.36. The van der Waals surface area contributed by atoms with E-state index in [4.69, 9.17) is 16.1 Å². The fourth-order valence-electron chi connectivity index (χ4n) is 2.78. The van der Waals surface area contributed by atoms with Gasteiger partial charge in [0, 0.05) is 23.2 Å². The maximum Gasteiger partial charge on any atom is 0.257 e. The van der Waals surface area contributed by atoms with Gasteiger partial charge >= 0.3 is 0 Å². The number of hydrogen-bond donors (Lipinski definition) is 0. The van der Waals surface area contributed by atoms with Crippen LogP contribution < -0.4 is 0 Å². The third-order valence-corrected chi connectivity index (χ3v) is 4.45. The Morgan fingerprint density at radius 2 is 1.75 bits per heavy atom. The topological polar surface area (TPSA) is 42.2 Å². The summed E-state index contributed by atoms with van der Waals surface area (Å²) in [5, 5.41) is 4.84. The Morgan fingerprint density at radius 3 is 2.46 bits per heavy atom. The van der Waals surface area contributed by atoms with Crippen molar-refractivity contribution in [2.45, 2.75) is 32.0 Å². The molecular formula is C19H18ClN3O. The third-order valence-electron chi connectivity index (χ3n) is 4.20. The van der Waals surface area contributed by atoms with Crippen molar-refractivity contribution in [3.63, 3.8) is 0 Å². The van der Waals surface area contributed by atoms with Gasteiger partial charge in [0.1, 0.15) is 0 Å². The van der Waals surface area contributed by atoms with Crippen molar-refractivity contribution in [2.75, 3.05) is 0 Å². The van der Waals surface area contributed by atoms with Crippen LogP contribution in [0.1, 0.15) is 24.2 Å². The summed E-state index contributed by atoms with van der Waals surface area (Å²) in [6.07, 6.45) is 2.49. The molecule has 24 heavy (non-hydrogen) atoms. The van der Waals surface area contributed by atoms with Crippen molar-refractivity contribution < 1.29 is 4.52 Å². The van der Waals surface area contributed by atoms with Crippen LogP contribution in [0, 0.1) is 0 Å². The molecule has 0 radical (unpaired) electrons. The van der Waals surface area contributed by atoms with Crippen LogP contribution in [0.2, 0.25) is 5.02 Å². The molecule has 0 bridgehead atoms. The van der Waals surface area contributed by atoms with Crippen LogP contribution in [0.5, 0.6) is 0 Å². The maximum atomic E-state index is 5.92. The quantitative estimate of drug-likeness (QED) is 0.660. The Labute approximate surface area is 146 Å². The molecule has 0 atom stereocenters. The molecule has 2 aromatic carbocycles. The van der Waals surface area contributed by atoms with Crippen molar-refractivity contribution in [3.8, 4) is 11.5 Å². The first-order valence-electron chi connectivity index (χ1n) is 8.14.